The lowest BCUT2D eigenvalue weighted by atomic mass is 10.00. The molecule has 5 heteroatoms. The summed E-state index contributed by atoms with van der Waals surface area (Å²) in [7, 11) is 0. The molecular formula is C12H12FNO3. The number of anilines is 1. The quantitative estimate of drug-likeness (QED) is 0.756. The number of phenols is 1. The van der Waals surface area contributed by atoms with Gasteiger partial charge in [0.25, 0.3) is 0 Å². The van der Waals surface area contributed by atoms with Crippen molar-refractivity contribution in [2.75, 3.05) is 4.90 Å². The van der Waals surface area contributed by atoms with E-state index in [0.717, 1.165) is 11.0 Å². The van der Waals surface area contributed by atoms with Crippen LogP contribution in [0.3, 0.4) is 0 Å². The number of benzene rings is 1. The molecule has 2 rings (SSSR count). The van der Waals surface area contributed by atoms with Crippen LogP contribution in [0.25, 0.3) is 0 Å². The van der Waals surface area contributed by atoms with E-state index in [0.29, 0.717) is 0 Å². The van der Waals surface area contributed by atoms with Gasteiger partial charge < -0.3 is 5.11 Å². The molecule has 0 aliphatic carbocycles. The highest BCUT2D eigenvalue weighted by atomic mass is 19.1. The van der Waals surface area contributed by atoms with Crippen LogP contribution in [0.1, 0.15) is 13.8 Å². The van der Waals surface area contributed by atoms with Crippen molar-refractivity contribution in [2.24, 2.45) is 11.8 Å². The summed E-state index contributed by atoms with van der Waals surface area (Å²) >= 11 is 0. The molecular weight excluding hydrogens is 225 g/mol. The lowest BCUT2D eigenvalue weighted by Crippen LogP contribution is -2.31. The number of nitrogens with zero attached hydrogens (tertiary/aromatic N) is 1. The second-order valence-corrected chi connectivity index (χ2v) is 4.22. The van der Waals surface area contributed by atoms with Crippen molar-refractivity contribution in [1.29, 1.82) is 0 Å². The minimum atomic E-state index is -0.784. The highest BCUT2D eigenvalue weighted by Gasteiger charge is 2.43. The van der Waals surface area contributed by atoms with Crippen molar-refractivity contribution in [3.8, 4) is 5.75 Å². The third-order valence-electron chi connectivity index (χ3n) is 3.14. The van der Waals surface area contributed by atoms with Crippen LogP contribution in [0, 0.1) is 17.7 Å². The molecule has 90 valence electrons. The summed E-state index contributed by atoms with van der Waals surface area (Å²) in [6.45, 7) is 3.28. The molecule has 1 aliphatic rings. The van der Waals surface area contributed by atoms with Crippen LogP contribution in [-0.2, 0) is 9.59 Å². The van der Waals surface area contributed by atoms with Crippen LogP contribution in [0.2, 0.25) is 0 Å². The Labute approximate surface area is 97.7 Å². The summed E-state index contributed by atoms with van der Waals surface area (Å²) < 4.78 is 13.6. The van der Waals surface area contributed by atoms with E-state index in [4.69, 9.17) is 5.11 Å². The zero-order chi connectivity index (χ0) is 12.7. The molecule has 2 atom stereocenters. The first-order valence-electron chi connectivity index (χ1n) is 5.30. The molecule has 1 aromatic rings. The van der Waals surface area contributed by atoms with Gasteiger partial charge in [0.05, 0.1) is 5.69 Å². The fourth-order valence-electron chi connectivity index (χ4n) is 1.86. The molecule has 2 amide bonds. The predicted molar refractivity (Wildman–Crippen MR) is 58.9 cm³/mol. The van der Waals surface area contributed by atoms with E-state index >= 15 is 0 Å². The number of phenolic OH excluding ortho intramolecular Hbond substituents is 1. The normalized spacial score (nSPS) is 24.5. The highest BCUT2D eigenvalue weighted by molar-refractivity contribution is 6.21. The zero-order valence-electron chi connectivity index (χ0n) is 9.48. The summed E-state index contributed by atoms with van der Waals surface area (Å²) in [4.78, 5) is 24.5. The van der Waals surface area contributed by atoms with Crippen LogP contribution in [0.5, 0.6) is 5.75 Å². The molecule has 2 unspecified atom stereocenters. The minimum absolute atomic E-state index is 0.103. The molecule has 1 aromatic carbocycles. The Morgan fingerprint density at radius 3 is 2.18 bits per heavy atom. The number of amides is 2. The van der Waals surface area contributed by atoms with Crippen LogP contribution >= 0.6 is 0 Å². The molecule has 1 saturated heterocycles. The monoisotopic (exact) mass is 237 g/mol. The second kappa shape index (κ2) is 3.84. The van der Waals surface area contributed by atoms with Gasteiger partial charge in [-0.1, -0.05) is 13.8 Å². The summed E-state index contributed by atoms with van der Waals surface area (Å²) in [5, 5.41) is 9.09. The Kier molecular flexibility index (Phi) is 2.61. The van der Waals surface area contributed by atoms with Gasteiger partial charge in [-0.25, -0.2) is 9.29 Å². The van der Waals surface area contributed by atoms with E-state index in [1.54, 1.807) is 13.8 Å². The van der Waals surface area contributed by atoms with E-state index in [-0.39, 0.29) is 11.4 Å². The molecule has 0 radical (unpaired) electrons. The van der Waals surface area contributed by atoms with Crippen molar-refractivity contribution in [1.82, 2.24) is 0 Å². The summed E-state index contributed by atoms with van der Waals surface area (Å²) in [5.41, 5.74) is -0.103. The van der Waals surface area contributed by atoms with Crippen molar-refractivity contribution < 1.29 is 19.1 Å². The predicted octanol–water partition coefficient (Wildman–Crippen LogP) is 1.68. The van der Waals surface area contributed by atoms with Gasteiger partial charge in [-0.3, -0.25) is 9.59 Å². The molecule has 1 heterocycles. The molecule has 17 heavy (non-hydrogen) atoms. The number of hydrogen-bond donors (Lipinski definition) is 1. The van der Waals surface area contributed by atoms with Crippen LogP contribution in [0.15, 0.2) is 18.2 Å². The maximum Gasteiger partial charge on any atom is 0.237 e. The molecule has 1 aliphatic heterocycles. The standard InChI is InChI=1S/C12H12FNO3/c1-6-7(2)12(17)14(11(6)16)10-4-3-8(15)5-9(10)13/h3-7,15H,1-2H3. The Morgan fingerprint density at radius 2 is 1.71 bits per heavy atom. The van der Waals surface area contributed by atoms with Gasteiger partial charge in [-0.05, 0) is 12.1 Å². The Bertz CT molecular complexity index is 481. The van der Waals surface area contributed by atoms with Crippen LogP contribution < -0.4 is 4.90 Å². The number of aromatic hydroxyl groups is 1. The number of halogens is 1. The first-order chi connectivity index (χ1) is 7.93. The number of carbonyl (C=O) groups is 2. The Balaban J connectivity index is 2.47. The van der Waals surface area contributed by atoms with Crippen molar-refractivity contribution in [3.05, 3.63) is 24.0 Å². The maximum absolute atomic E-state index is 13.6. The van der Waals surface area contributed by atoms with E-state index in [2.05, 4.69) is 0 Å². The van der Waals surface area contributed by atoms with Crippen molar-refractivity contribution in [2.45, 2.75) is 13.8 Å². The third kappa shape index (κ3) is 1.67. The average molecular weight is 237 g/mol. The Morgan fingerprint density at radius 1 is 1.18 bits per heavy atom. The topological polar surface area (TPSA) is 57.6 Å². The lowest BCUT2D eigenvalue weighted by Gasteiger charge is -2.15. The second-order valence-electron chi connectivity index (χ2n) is 4.22. The number of carbonyl (C=O) groups excluding carboxylic acids is 2. The van der Waals surface area contributed by atoms with Gasteiger partial charge in [0.15, 0.2) is 5.82 Å². The minimum Gasteiger partial charge on any atom is -0.508 e. The van der Waals surface area contributed by atoms with Gasteiger partial charge in [0.1, 0.15) is 5.75 Å². The molecule has 0 spiro atoms. The largest absolute Gasteiger partial charge is 0.508 e. The van der Waals surface area contributed by atoms with E-state index < -0.39 is 29.5 Å². The van der Waals surface area contributed by atoms with Gasteiger partial charge in [0.2, 0.25) is 11.8 Å². The van der Waals surface area contributed by atoms with Crippen molar-refractivity contribution in [3.63, 3.8) is 0 Å². The van der Waals surface area contributed by atoms with Crippen LogP contribution in [-0.4, -0.2) is 16.9 Å². The van der Waals surface area contributed by atoms with Gasteiger partial charge in [-0.15, -0.1) is 0 Å². The smallest absolute Gasteiger partial charge is 0.237 e. The third-order valence-corrected chi connectivity index (χ3v) is 3.14. The molecule has 4 nitrogen and oxygen atoms in total. The van der Waals surface area contributed by atoms with E-state index in [1.807, 2.05) is 0 Å². The first-order valence-corrected chi connectivity index (χ1v) is 5.30. The maximum atomic E-state index is 13.6. The summed E-state index contributed by atoms with van der Waals surface area (Å²) in [5.74, 6) is -2.75. The van der Waals surface area contributed by atoms with Crippen molar-refractivity contribution >= 4 is 17.5 Å². The molecule has 0 bridgehead atoms. The number of rotatable bonds is 1. The Hall–Kier alpha value is -1.91. The summed E-state index contributed by atoms with van der Waals surface area (Å²) in [6, 6.07) is 3.35. The van der Waals surface area contributed by atoms with E-state index in [9.17, 15) is 14.0 Å². The zero-order valence-corrected chi connectivity index (χ0v) is 9.48. The highest BCUT2D eigenvalue weighted by Crippen LogP contribution is 2.32. The average Bonchev–Trinajstić information content (AvgIpc) is 2.45. The van der Waals surface area contributed by atoms with E-state index in [1.165, 1.54) is 12.1 Å². The molecule has 0 aromatic heterocycles. The molecule has 1 fully saturated rings. The fourth-order valence-corrected chi connectivity index (χ4v) is 1.86. The first kappa shape index (κ1) is 11.6. The number of hydrogen-bond acceptors (Lipinski definition) is 3. The summed E-state index contributed by atoms with van der Waals surface area (Å²) in [6.07, 6.45) is 0. The number of imide groups is 1. The van der Waals surface area contributed by atoms with Gasteiger partial charge >= 0.3 is 0 Å². The van der Waals surface area contributed by atoms with Gasteiger partial charge in [0, 0.05) is 17.9 Å². The van der Waals surface area contributed by atoms with Crippen LogP contribution in [0.4, 0.5) is 10.1 Å². The fraction of sp³-hybridized carbons (Fsp3) is 0.333. The van der Waals surface area contributed by atoms with Gasteiger partial charge in [-0.2, -0.15) is 0 Å². The molecule has 0 saturated carbocycles. The molecule has 1 N–H and O–H groups in total. The lowest BCUT2D eigenvalue weighted by molar-refractivity contribution is -0.122. The SMILES string of the molecule is CC1C(=O)N(c2ccc(O)cc2F)C(=O)C1C.